The molecule has 0 bridgehead atoms. The van der Waals surface area contributed by atoms with Crippen LogP contribution in [0, 0.1) is 5.41 Å². The van der Waals surface area contributed by atoms with E-state index in [4.69, 9.17) is 4.74 Å². The quantitative estimate of drug-likeness (QED) is 0.392. The number of rotatable bonds is 2. The van der Waals surface area contributed by atoms with E-state index in [1.54, 1.807) is 13.8 Å². The van der Waals surface area contributed by atoms with Crippen LogP contribution in [0.15, 0.2) is 37.0 Å². The fourth-order valence-electron chi connectivity index (χ4n) is 0.812. The Hall–Kier alpha value is -1.84. The lowest BCUT2D eigenvalue weighted by atomic mass is 9.98. The molecule has 0 aliphatic heterocycles. The minimum Gasteiger partial charge on any atom is -0.457 e. The monoisotopic (exact) mass is 367 g/mol. The van der Waals surface area contributed by atoms with Crippen molar-refractivity contribution in [3.63, 3.8) is 0 Å². The van der Waals surface area contributed by atoms with Gasteiger partial charge in [0.05, 0.1) is 0 Å². The highest BCUT2D eigenvalue weighted by Crippen LogP contribution is 2.12. The number of ether oxygens (including phenoxy) is 1. The number of carbonyl (C=O) groups is 2. The second-order valence-corrected chi connectivity index (χ2v) is 9.34. The van der Waals surface area contributed by atoms with Crippen molar-refractivity contribution < 1.29 is 14.3 Å². The van der Waals surface area contributed by atoms with Crippen molar-refractivity contribution in [1.29, 1.82) is 0 Å². The molecule has 152 valence electrons. The van der Waals surface area contributed by atoms with Crippen molar-refractivity contribution in [1.82, 2.24) is 5.32 Å². The van der Waals surface area contributed by atoms with Gasteiger partial charge in [-0.1, -0.05) is 40.0 Å². The highest BCUT2D eigenvalue weighted by atomic mass is 16.6. The van der Waals surface area contributed by atoms with Crippen LogP contribution in [0.3, 0.4) is 0 Å². The Morgan fingerprint density at radius 3 is 1.27 bits per heavy atom. The van der Waals surface area contributed by atoms with Gasteiger partial charge in [-0.15, -0.1) is 6.58 Å². The summed E-state index contributed by atoms with van der Waals surface area (Å²) in [5.41, 5.74) is 0.733. The van der Waals surface area contributed by atoms with E-state index in [0.717, 1.165) is 0 Å². The van der Waals surface area contributed by atoms with E-state index in [1.807, 2.05) is 47.6 Å². The van der Waals surface area contributed by atoms with E-state index in [-0.39, 0.29) is 17.4 Å². The Balaban J connectivity index is -0.000000316. The molecule has 26 heavy (non-hydrogen) atoms. The second kappa shape index (κ2) is 11.7. The van der Waals surface area contributed by atoms with Crippen molar-refractivity contribution in [2.75, 3.05) is 0 Å². The first-order chi connectivity index (χ1) is 11.2. The third-order valence-corrected chi connectivity index (χ3v) is 2.24. The van der Waals surface area contributed by atoms with Crippen LogP contribution in [0.2, 0.25) is 0 Å². The molecular weight excluding hydrogens is 326 g/mol. The molecule has 0 fully saturated rings. The SMILES string of the molecule is C=C(C)C(=O)NC(C)(C)C.C=C(C)C(=O)OC(C)(C)C.C=CC(C)(C)C. The van der Waals surface area contributed by atoms with Gasteiger partial charge in [-0.3, -0.25) is 4.79 Å². The normalized spacial score (nSPS) is 10.9. The van der Waals surface area contributed by atoms with E-state index in [0.29, 0.717) is 16.6 Å². The molecule has 0 atom stereocenters. The lowest BCUT2D eigenvalue weighted by Gasteiger charge is -2.20. The van der Waals surface area contributed by atoms with Crippen LogP contribution in [0.5, 0.6) is 0 Å². The first-order valence-electron chi connectivity index (χ1n) is 8.72. The third-order valence-electron chi connectivity index (χ3n) is 2.24. The Labute approximate surface area is 161 Å². The van der Waals surface area contributed by atoms with Gasteiger partial charge < -0.3 is 10.1 Å². The summed E-state index contributed by atoms with van der Waals surface area (Å²) < 4.78 is 4.96. The number of hydrogen-bond acceptors (Lipinski definition) is 3. The molecule has 0 unspecified atom stereocenters. The number of allylic oxidation sites excluding steroid dienone is 1. The maximum atomic E-state index is 10.9. The van der Waals surface area contributed by atoms with Gasteiger partial charge >= 0.3 is 5.97 Å². The van der Waals surface area contributed by atoms with E-state index in [2.05, 4.69) is 45.8 Å². The van der Waals surface area contributed by atoms with E-state index >= 15 is 0 Å². The molecule has 0 saturated heterocycles. The van der Waals surface area contributed by atoms with Crippen molar-refractivity contribution >= 4 is 11.9 Å². The lowest BCUT2D eigenvalue weighted by molar-refractivity contribution is -0.149. The predicted octanol–water partition coefficient (Wildman–Crippen LogP) is 5.60. The highest BCUT2D eigenvalue weighted by molar-refractivity contribution is 5.92. The van der Waals surface area contributed by atoms with Crippen molar-refractivity contribution in [2.45, 2.75) is 87.3 Å². The molecule has 4 heteroatoms. The van der Waals surface area contributed by atoms with Crippen LogP contribution in [0.4, 0.5) is 0 Å². The molecule has 0 rings (SSSR count). The van der Waals surface area contributed by atoms with Gasteiger partial charge in [0.2, 0.25) is 5.91 Å². The van der Waals surface area contributed by atoms with Gasteiger partial charge in [0.1, 0.15) is 5.60 Å². The molecule has 0 aliphatic carbocycles. The smallest absolute Gasteiger partial charge is 0.333 e. The molecule has 0 spiro atoms. The molecule has 1 N–H and O–H groups in total. The lowest BCUT2D eigenvalue weighted by Crippen LogP contribution is -2.40. The third kappa shape index (κ3) is 27.0. The maximum Gasteiger partial charge on any atom is 0.333 e. The Morgan fingerprint density at radius 1 is 0.846 bits per heavy atom. The number of esters is 1. The van der Waals surface area contributed by atoms with Gasteiger partial charge in [0.15, 0.2) is 0 Å². The molecule has 0 heterocycles. The minimum absolute atomic E-state index is 0.0764. The molecule has 4 nitrogen and oxygen atoms in total. The first-order valence-corrected chi connectivity index (χ1v) is 8.72. The van der Waals surface area contributed by atoms with E-state index < -0.39 is 5.60 Å². The summed E-state index contributed by atoms with van der Waals surface area (Å²) in [4.78, 5) is 21.8. The molecule has 0 aromatic rings. The van der Waals surface area contributed by atoms with E-state index in [9.17, 15) is 9.59 Å². The average molecular weight is 368 g/mol. The van der Waals surface area contributed by atoms with Crippen molar-refractivity contribution in [3.05, 3.63) is 37.0 Å². The largest absolute Gasteiger partial charge is 0.457 e. The van der Waals surface area contributed by atoms with Gasteiger partial charge in [-0.2, -0.15) is 0 Å². The summed E-state index contributed by atoms with van der Waals surface area (Å²) in [7, 11) is 0. The molecule has 0 aromatic heterocycles. The Kier molecular flexibility index (Phi) is 13.0. The van der Waals surface area contributed by atoms with Crippen LogP contribution >= 0.6 is 0 Å². The van der Waals surface area contributed by atoms with Crippen LogP contribution in [0.25, 0.3) is 0 Å². The maximum absolute atomic E-state index is 10.9. The average Bonchev–Trinajstić information content (AvgIpc) is 2.35. The zero-order valence-corrected chi connectivity index (χ0v) is 18.9. The van der Waals surface area contributed by atoms with Crippen LogP contribution < -0.4 is 5.32 Å². The molecule has 0 saturated carbocycles. The Bertz CT molecular complexity index is 457. The van der Waals surface area contributed by atoms with Crippen LogP contribution in [0.1, 0.15) is 76.2 Å². The van der Waals surface area contributed by atoms with Gasteiger partial charge in [0.25, 0.3) is 0 Å². The number of hydrogen-bond donors (Lipinski definition) is 1. The van der Waals surface area contributed by atoms with Crippen LogP contribution in [-0.2, 0) is 14.3 Å². The Morgan fingerprint density at radius 2 is 1.19 bits per heavy atom. The van der Waals surface area contributed by atoms with Crippen LogP contribution in [-0.4, -0.2) is 23.0 Å². The summed E-state index contributed by atoms with van der Waals surface area (Å²) in [5, 5.41) is 2.78. The van der Waals surface area contributed by atoms with Gasteiger partial charge in [-0.25, -0.2) is 4.79 Å². The fourth-order valence-corrected chi connectivity index (χ4v) is 0.812. The summed E-state index contributed by atoms with van der Waals surface area (Å²) in [6.07, 6.45) is 1.94. The standard InChI is InChI=1S/C8H15NO.C8H14O2.C6H12/c1-6(2)7(10)9-8(3,4)5;1-6(2)7(9)10-8(3,4)5;1-5-6(2,3)4/h1H2,2-5H3,(H,9,10);1H2,2-5H3;5H,1H2,2-4H3. The first kappa shape index (κ1) is 28.9. The predicted molar refractivity (Wildman–Crippen MR) is 113 cm³/mol. The molecule has 1 amide bonds. The molecule has 0 aromatic carbocycles. The summed E-state index contributed by atoms with van der Waals surface area (Å²) in [6, 6.07) is 0. The summed E-state index contributed by atoms with van der Waals surface area (Å²) >= 11 is 0. The minimum atomic E-state index is -0.407. The molecular formula is C22H41NO3. The summed E-state index contributed by atoms with van der Waals surface area (Å²) in [6.45, 7) is 31.6. The number of nitrogens with one attached hydrogen (secondary N) is 1. The number of carbonyl (C=O) groups excluding carboxylic acids is 2. The zero-order valence-electron chi connectivity index (χ0n) is 18.9. The fraction of sp³-hybridized carbons (Fsp3) is 0.636. The molecule has 0 radical (unpaired) electrons. The second-order valence-electron chi connectivity index (χ2n) is 9.34. The van der Waals surface area contributed by atoms with Crippen molar-refractivity contribution in [3.8, 4) is 0 Å². The topological polar surface area (TPSA) is 55.4 Å². The highest BCUT2D eigenvalue weighted by Gasteiger charge is 2.16. The van der Waals surface area contributed by atoms with Gasteiger partial charge in [0, 0.05) is 16.7 Å². The number of amides is 1. The molecule has 0 aliphatic rings. The van der Waals surface area contributed by atoms with Gasteiger partial charge in [-0.05, 0) is 60.8 Å². The van der Waals surface area contributed by atoms with Crippen molar-refractivity contribution in [2.24, 2.45) is 5.41 Å². The van der Waals surface area contributed by atoms with E-state index in [1.165, 1.54) is 0 Å². The summed E-state index contributed by atoms with van der Waals surface area (Å²) in [5.74, 6) is -0.403. The zero-order chi connectivity index (χ0) is 21.9.